The zero-order valence-electron chi connectivity index (χ0n) is 10.8. The van der Waals surface area contributed by atoms with E-state index in [4.69, 9.17) is 5.11 Å². The number of nitrogens with zero attached hydrogens (tertiary/aromatic N) is 1. The van der Waals surface area contributed by atoms with Gasteiger partial charge in [-0.05, 0) is 18.2 Å². The molecule has 21 heavy (non-hydrogen) atoms. The van der Waals surface area contributed by atoms with Gasteiger partial charge in [-0.3, -0.25) is 4.79 Å². The number of rotatable bonds is 4. The molecule has 1 aliphatic rings. The predicted octanol–water partition coefficient (Wildman–Crippen LogP) is 0.948. The maximum atomic E-state index is 12.3. The largest absolute Gasteiger partial charge is 0.480 e. The van der Waals surface area contributed by atoms with Crippen LogP contribution in [-0.2, 0) is 4.79 Å². The molecule has 1 amide bonds. The highest BCUT2D eigenvalue weighted by molar-refractivity contribution is 5.97. The molecule has 0 bridgehead atoms. The van der Waals surface area contributed by atoms with Gasteiger partial charge in [-0.1, -0.05) is 6.07 Å². The minimum atomic E-state index is -3.02. The standard InChI is InChI=1S/C13H13F2NO5/c14-13(15)21-9-3-1-2-7(4-9)11(18)16-6-8(17)5-10(16)12(19)20/h1-4,8,10,13,17H,5-6H2,(H,19,20)/t8-,10-/m0/s1. The molecule has 0 saturated carbocycles. The molecule has 2 N–H and O–H groups in total. The van der Waals surface area contributed by atoms with E-state index in [1.807, 2.05) is 0 Å². The highest BCUT2D eigenvalue weighted by atomic mass is 19.3. The van der Waals surface area contributed by atoms with E-state index in [0.717, 1.165) is 11.0 Å². The molecule has 0 radical (unpaired) electrons. The third-order valence-electron chi connectivity index (χ3n) is 3.13. The van der Waals surface area contributed by atoms with Crippen LogP contribution in [0.1, 0.15) is 16.8 Å². The number of aliphatic hydroxyl groups is 1. The number of hydrogen-bond acceptors (Lipinski definition) is 4. The summed E-state index contributed by atoms with van der Waals surface area (Å²) in [6, 6.07) is 3.96. The molecule has 0 aromatic heterocycles. The third kappa shape index (κ3) is 3.46. The van der Waals surface area contributed by atoms with E-state index in [1.54, 1.807) is 0 Å². The fourth-order valence-electron chi connectivity index (χ4n) is 2.24. The summed E-state index contributed by atoms with van der Waals surface area (Å²) < 4.78 is 28.5. The Labute approximate surface area is 118 Å². The Bertz CT molecular complexity index is 551. The molecule has 8 heteroatoms. The first kappa shape index (κ1) is 15.2. The number of carbonyl (C=O) groups is 2. The molecule has 1 aromatic carbocycles. The molecular weight excluding hydrogens is 288 g/mol. The maximum absolute atomic E-state index is 12.3. The maximum Gasteiger partial charge on any atom is 0.387 e. The fourth-order valence-corrected chi connectivity index (χ4v) is 2.24. The molecule has 6 nitrogen and oxygen atoms in total. The summed E-state index contributed by atoms with van der Waals surface area (Å²) in [6.07, 6.45) is -0.982. The van der Waals surface area contributed by atoms with Crippen LogP contribution in [0.2, 0.25) is 0 Å². The quantitative estimate of drug-likeness (QED) is 0.864. The van der Waals surface area contributed by atoms with E-state index in [9.17, 15) is 23.5 Å². The lowest BCUT2D eigenvalue weighted by Gasteiger charge is -2.21. The van der Waals surface area contributed by atoms with Crippen LogP contribution in [0.5, 0.6) is 5.75 Å². The van der Waals surface area contributed by atoms with Crippen molar-refractivity contribution in [1.29, 1.82) is 0 Å². The lowest BCUT2D eigenvalue weighted by atomic mass is 10.1. The SMILES string of the molecule is O=C(O)[C@@H]1C[C@H](O)CN1C(=O)c1cccc(OC(F)F)c1. The van der Waals surface area contributed by atoms with Crippen molar-refractivity contribution in [3.05, 3.63) is 29.8 Å². The summed E-state index contributed by atoms with van der Waals surface area (Å²) in [5, 5.41) is 18.5. The molecule has 2 atom stereocenters. The Morgan fingerprint density at radius 3 is 2.71 bits per heavy atom. The zero-order valence-corrected chi connectivity index (χ0v) is 10.8. The summed E-state index contributed by atoms with van der Waals surface area (Å²) in [7, 11) is 0. The Hall–Kier alpha value is -2.22. The van der Waals surface area contributed by atoms with E-state index < -0.39 is 30.6 Å². The number of alkyl halides is 2. The number of carboxylic acids is 1. The van der Waals surface area contributed by atoms with Gasteiger partial charge in [-0.2, -0.15) is 8.78 Å². The first-order valence-corrected chi connectivity index (χ1v) is 6.15. The van der Waals surface area contributed by atoms with Crippen LogP contribution in [-0.4, -0.2) is 52.3 Å². The van der Waals surface area contributed by atoms with Crippen LogP contribution in [0, 0.1) is 0 Å². The van der Waals surface area contributed by atoms with E-state index in [2.05, 4.69) is 4.74 Å². The average molecular weight is 301 g/mol. The van der Waals surface area contributed by atoms with Gasteiger partial charge < -0.3 is 19.8 Å². The number of halogens is 2. The number of hydrogen-bond donors (Lipinski definition) is 2. The molecule has 1 saturated heterocycles. The van der Waals surface area contributed by atoms with Crippen molar-refractivity contribution in [3.63, 3.8) is 0 Å². The van der Waals surface area contributed by atoms with Gasteiger partial charge in [-0.15, -0.1) is 0 Å². The topological polar surface area (TPSA) is 87.1 Å². The summed E-state index contributed by atoms with van der Waals surface area (Å²) in [5.74, 6) is -2.07. The number of likely N-dealkylation sites (tertiary alicyclic amines) is 1. The number of ether oxygens (including phenoxy) is 1. The lowest BCUT2D eigenvalue weighted by Crippen LogP contribution is -2.40. The lowest BCUT2D eigenvalue weighted by molar-refractivity contribution is -0.141. The van der Waals surface area contributed by atoms with Gasteiger partial charge in [0.05, 0.1) is 6.10 Å². The van der Waals surface area contributed by atoms with Gasteiger partial charge in [0.1, 0.15) is 11.8 Å². The molecule has 0 unspecified atom stereocenters. The molecule has 114 valence electrons. The number of benzene rings is 1. The monoisotopic (exact) mass is 301 g/mol. The summed E-state index contributed by atoms with van der Waals surface area (Å²) in [5.41, 5.74) is 0.0218. The Morgan fingerprint density at radius 1 is 1.38 bits per heavy atom. The molecule has 1 fully saturated rings. The number of carbonyl (C=O) groups excluding carboxylic acids is 1. The molecule has 1 aromatic rings. The molecule has 2 rings (SSSR count). The zero-order chi connectivity index (χ0) is 15.6. The average Bonchev–Trinajstić information content (AvgIpc) is 2.80. The van der Waals surface area contributed by atoms with Gasteiger partial charge in [0.15, 0.2) is 0 Å². The van der Waals surface area contributed by atoms with Crippen molar-refractivity contribution in [2.75, 3.05) is 6.54 Å². The van der Waals surface area contributed by atoms with Crippen LogP contribution in [0.15, 0.2) is 24.3 Å². The Kier molecular flexibility index (Phi) is 4.37. The highest BCUT2D eigenvalue weighted by Crippen LogP contribution is 2.23. The van der Waals surface area contributed by atoms with Gasteiger partial charge in [-0.25, -0.2) is 4.79 Å². The first-order valence-electron chi connectivity index (χ1n) is 6.15. The van der Waals surface area contributed by atoms with Crippen LogP contribution in [0.25, 0.3) is 0 Å². The molecule has 0 aliphatic carbocycles. The second-order valence-corrected chi connectivity index (χ2v) is 4.61. The second-order valence-electron chi connectivity index (χ2n) is 4.61. The fraction of sp³-hybridized carbons (Fsp3) is 0.385. The summed E-state index contributed by atoms with van der Waals surface area (Å²) >= 11 is 0. The van der Waals surface area contributed by atoms with Gasteiger partial charge in [0.2, 0.25) is 0 Å². The predicted molar refractivity (Wildman–Crippen MR) is 66.2 cm³/mol. The Balaban J connectivity index is 2.21. The normalized spacial score (nSPS) is 21.6. The molecule has 0 spiro atoms. The van der Waals surface area contributed by atoms with E-state index in [1.165, 1.54) is 18.2 Å². The van der Waals surface area contributed by atoms with E-state index >= 15 is 0 Å². The van der Waals surface area contributed by atoms with Gasteiger partial charge in [0.25, 0.3) is 5.91 Å². The van der Waals surface area contributed by atoms with Crippen molar-refractivity contribution < 1.29 is 33.3 Å². The minimum absolute atomic E-state index is 0.0218. The van der Waals surface area contributed by atoms with Gasteiger partial charge >= 0.3 is 12.6 Å². The van der Waals surface area contributed by atoms with Crippen molar-refractivity contribution in [2.45, 2.75) is 25.2 Å². The van der Waals surface area contributed by atoms with Crippen LogP contribution in [0.4, 0.5) is 8.78 Å². The van der Waals surface area contributed by atoms with Crippen LogP contribution < -0.4 is 4.74 Å². The number of carboxylic acid groups (broad SMARTS) is 1. The number of aliphatic carboxylic acids is 1. The van der Waals surface area contributed by atoms with Crippen molar-refractivity contribution in [2.24, 2.45) is 0 Å². The number of aliphatic hydroxyl groups excluding tert-OH is 1. The van der Waals surface area contributed by atoms with Crippen LogP contribution >= 0.6 is 0 Å². The molecule has 1 heterocycles. The molecular formula is C13H13F2NO5. The first-order chi connectivity index (χ1) is 9.88. The summed E-state index contributed by atoms with van der Waals surface area (Å²) in [4.78, 5) is 24.3. The smallest absolute Gasteiger partial charge is 0.387 e. The number of amides is 1. The van der Waals surface area contributed by atoms with Crippen molar-refractivity contribution >= 4 is 11.9 Å². The third-order valence-corrected chi connectivity index (χ3v) is 3.13. The Morgan fingerprint density at radius 2 is 2.10 bits per heavy atom. The summed E-state index contributed by atoms with van der Waals surface area (Å²) in [6.45, 7) is -3.13. The van der Waals surface area contributed by atoms with Crippen molar-refractivity contribution in [3.8, 4) is 5.75 Å². The van der Waals surface area contributed by atoms with Gasteiger partial charge in [0, 0.05) is 18.5 Å². The van der Waals surface area contributed by atoms with Crippen LogP contribution in [0.3, 0.4) is 0 Å². The highest BCUT2D eigenvalue weighted by Gasteiger charge is 2.39. The number of β-amino-alcohol motifs (C(OH)–C–C–N with tert-alkyl or cyclic N) is 1. The molecule has 1 aliphatic heterocycles. The van der Waals surface area contributed by atoms with E-state index in [-0.39, 0.29) is 24.3 Å². The minimum Gasteiger partial charge on any atom is -0.480 e. The van der Waals surface area contributed by atoms with E-state index in [0.29, 0.717) is 0 Å². The van der Waals surface area contributed by atoms with Crippen molar-refractivity contribution in [1.82, 2.24) is 4.90 Å². The second kappa shape index (κ2) is 6.04.